The summed E-state index contributed by atoms with van der Waals surface area (Å²) < 4.78 is 4.79. The van der Waals surface area contributed by atoms with E-state index in [0.29, 0.717) is 32.8 Å². The quantitative estimate of drug-likeness (QED) is 0.396. The molecule has 0 radical (unpaired) electrons. The molecule has 5 atom stereocenters. The lowest BCUT2D eigenvalue weighted by molar-refractivity contribution is -0.144. The van der Waals surface area contributed by atoms with Gasteiger partial charge in [0.2, 0.25) is 17.7 Å². The van der Waals surface area contributed by atoms with Gasteiger partial charge >= 0.3 is 0 Å². The van der Waals surface area contributed by atoms with Gasteiger partial charge in [0.1, 0.15) is 6.04 Å². The summed E-state index contributed by atoms with van der Waals surface area (Å²) in [6, 6.07) is -0.686. The molecule has 1 spiro atoms. The molecule has 9 nitrogen and oxygen atoms in total. The summed E-state index contributed by atoms with van der Waals surface area (Å²) in [5.41, 5.74) is 0. The number of morpholine rings is 1. The zero-order valence-electron chi connectivity index (χ0n) is 20.6. The van der Waals surface area contributed by atoms with Gasteiger partial charge in [0.15, 0.2) is 0 Å². The fourth-order valence-corrected chi connectivity index (χ4v) is 8.51. The Hall–Kier alpha value is -1.88. The van der Waals surface area contributed by atoms with Crippen molar-refractivity contribution in [2.45, 2.75) is 28.9 Å². The van der Waals surface area contributed by atoms with Gasteiger partial charge in [0.05, 0.1) is 36.4 Å². The largest absolute Gasteiger partial charge is 0.395 e. The van der Waals surface area contributed by atoms with Crippen LogP contribution in [0.5, 0.6) is 0 Å². The second-order valence-electron chi connectivity index (χ2n) is 9.85. The van der Waals surface area contributed by atoms with Crippen LogP contribution in [0.1, 0.15) is 12.8 Å². The van der Waals surface area contributed by atoms with Gasteiger partial charge in [0, 0.05) is 58.1 Å². The number of rotatable bonds is 11. The van der Waals surface area contributed by atoms with Gasteiger partial charge in [-0.2, -0.15) is 0 Å². The first-order valence-electron chi connectivity index (χ1n) is 12.5. The Morgan fingerprint density at radius 2 is 1.91 bits per heavy atom. The molecule has 2 bridgehead atoms. The van der Waals surface area contributed by atoms with Crippen molar-refractivity contribution in [2.24, 2.45) is 11.8 Å². The van der Waals surface area contributed by atoms with Crippen LogP contribution in [0.4, 0.5) is 0 Å². The highest BCUT2D eigenvalue weighted by Crippen LogP contribution is 2.66. The van der Waals surface area contributed by atoms with E-state index in [1.165, 1.54) is 0 Å². The van der Waals surface area contributed by atoms with E-state index in [9.17, 15) is 19.5 Å². The van der Waals surface area contributed by atoms with E-state index in [1.807, 2.05) is 0 Å². The Balaban J connectivity index is 1.60. The van der Waals surface area contributed by atoms with Crippen molar-refractivity contribution >= 4 is 29.5 Å². The van der Waals surface area contributed by atoms with E-state index >= 15 is 0 Å². The average molecular weight is 507 g/mol. The number of nitrogens with zero attached hydrogens (tertiary/aromatic N) is 4. The van der Waals surface area contributed by atoms with Crippen molar-refractivity contribution in [1.29, 1.82) is 0 Å². The molecule has 0 aromatic carbocycles. The number of aliphatic hydroxyl groups is 1. The number of fused-ring (bicyclic) bond motifs is 1. The van der Waals surface area contributed by atoms with Crippen LogP contribution in [0.2, 0.25) is 0 Å². The third-order valence-corrected chi connectivity index (χ3v) is 9.84. The van der Waals surface area contributed by atoms with Crippen LogP contribution >= 0.6 is 11.8 Å². The lowest BCUT2D eigenvalue weighted by Gasteiger charge is -2.38. The lowest BCUT2D eigenvalue weighted by atomic mass is 9.70. The summed E-state index contributed by atoms with van der Waals surface area (Å²) >= 11 is 1.66. The number of likely N-dealkylation sites (tertiary alicyclic amines) is 1. The number of amides is 3. The predicted octanol–water partition coefficient (Wildman–Crippen LogP) is 0.0611. The van der Waals surface area contributed by atoms with Crippen molar-refractivity contribution in [3.05, 3.63) is 25.3 Å². The van der Waals surface area contributed by atoms with Crippen molar-refractivity contribution in [1.82, 2.24) is 19.6 Å². The molecule has 3 amide bonds. The molecule has 4 aliphatic heterocycles. The van der Waals surface area contributed by atoms with E-state index in [4.69, 9.17) is 4.74 Å². The fraction of sp³-hybridized carbons (Fsp3) is 0.720. The van der Waals surface area contributed by atoms with Crippen molar-refractivity contribution in [3.63, 3.8) is 0 Å². The number of aliphatic hydroxyl groups excluding tert-OH is 1. The normalized spacial score (nSPS) is 31.9. The molecule has 0 saturated carbocycles. The SMILES string of the molecule is C=CCN(C)C(=O)[C@@H]1[C@H]2C(=O)N(CCO)C(C(=O)N(CC=C)CCN3CCOCC3)C23CC[C@H]1S3. The van der Waals surface area contributed by atoms with Gasteiger partial charge in [-0.1, -0.05) is 12.2 Å². The molecule has 10 heteroatoms. The number of carbonyl (C=O) groups excluding carboxylic acids is 3. The molecule has 0 aromatic rings. The molecule has 4 saturated heterocycles. The second kappa shape index (κ2) is 11.0. The Labute approximate surface area is 212 Å². The summed E-state index contributed by atoms with van der Waals surface area (Å²) in [7, 11) is 1.73. The molecule has 1 N–H and O–H groups in total. The second-order valence-corrected chi connectivity index (χ2v) is 11.4. The summed E-state index contributed by atoms with van der Waals surface area (Å²) in [5, 5.41) is 9.80. The Bertz CT molecular complexity index is 850. The number of hydrogen-bond acceptors (Lipinski definition) is 7. The number of β-amino-alcohol motifs (C(OH)–C–C–N with tert-alkyl or cyclic N) is 1. The third-order valence-electron chi connectivity index (χ3n) is 7.89. The van der Waals surface area contributed by atoms with Gasteiger partial charge in [-0.15, -0.1) is 24.9 Å². The smallest absolute Gasteiger partial charge is 0.247 e. The van der Waals surface area contributed by atoms with Crippen molar-refractivity contribution in [3.8, 4) is 0 Å². The van der Waals surface area contributed by atoms with Gasteiger partial charge in [-0.25, -0.2) is 0 Å². The molecular formula is C25H38N4O5S. The van der Waals surface area contributed by atoms with Crippen LogP contribution in [-0.2, 0) is 19.1 Å². The van der Waals surface area contributed by atoms with Crippen LogP contribution in [0, 0.1) is 11.8 Å². The number of thioether (sulfide) groups is 1. The van der Waals surface area contributed by atoms with Gasteiger partial charge in [0.25, 0.3) is 0 Å². The van der Waals surface area contributed by atoms with E-state index in [2.05, 4.69) is 18.1 Å². The zero-order chi connectivity index (χ0) is 25.2. The van der Waals surface area contributed by atoms with Crippen LogP contribution in [0.25, 0.3) is 0 Å². The molecule has 0 aliphatic carbocycles. The summed E-state index contributed by atoms with van der Waals surface area (Å²) in [5.74, 6) is -1.34. The van der Waals surface area contributed by atoms with Crippen LogP contribution in [-0.4, -0.2) is 131 Å². The molecule has 4 fully saturated rings. The highest BCUT2D eigenvalue weighted by atomic mass is 32.2. The highest BCUT2D eigenvalue weighted by molar-refractivity contribution is 8.02. The minimum atomic E-state index is -0.686. The van der Waals surface area contributed by atoms with Gasteiger partial charge < -0.3 is 24.5 Å². The molecule has 4 heterocycles. The molecular weight excluding hydrogens is 468 g/mol. The molecule has 194 valence electrons. The first kappa shape index (κ1) is 26.2. The van der Waals surface area contributed by atoms with E-state index in [1.54, 1.807) is 45.7 Å². The number of carbonyl (C=O) groups is 3. The number of hydrogen-bond donors (Lipinski definition) is 1. The minimum absolute atomic E-state index is 0.0245. The average Bonchev–Trinajstić information content (AvgIpc) is 3.50. The Morgan fingerprint density at radius 1 is 1.20 bits per heavy atom. The maximum absolute atomic E-state index is 14.1. The summed E-state index contributed by atoms with van der Waals surface area (Å²) in [4.78, 5) is 48.5. The third kappa shape index (κ3) is 4.65. The monoisotopic (exact) mass is 506 g/mol. The Morgan fingerprint density at radius 3 is 2.57 bits per heavy atom. The molecule has 0 aromatic heterocycles. The maximum atomic E-state index is 14.1. The van der Waals surface area contributed by atoms with E-state index < -0.39 is 22.6 Å². The van der Waals surface area contributed by atoms with Gasteiger partial charge in [-0.05, 0) is 12.8 Å². The number of ether oxygens (including phenoxy) is 1. The van der Waals surface area contributed by atoms with Crippen molar-refractivity contribution in [2.75, 3.05) is 72.7 Å². The topological polar surface area (TPSA) is 93.6 Å². The molecule has 4 aliphatic rings. The highest BCUT2D eigenvalue weighted by Gasteiger charge is 2.73. The van der Waals surface area contributed by atoms with Gasteiger partial charge in [-0.3, -0.25) is 19.3 Å². The summed E-state index contributed by atoms with van der Waals surface area (Å²) in [6.45, 7) is 12.5. The molecule has 4 rings (SSSR count). The van der Waals surface area contributed by atoms with Crippen LogP contribution < -0.4 is 0 Å². The fourth-order valence-electron chi connectivity index (χ4n) is 6.31. The lowest BCUT2D eigenvalue weighted by Crippen LogP contribution is -2.56. The van der Waals surface area contributed by atoms with Crippen molar-refractivity contribution < 1.29 is 24.2 Å². The zero-order valence-corrected chi connectivity index (χ0v) is 21.5. The first-order chi connectivity index (χ1) is 16.9. The Kier molecular flexibility index (Phi) is 8.25. The predicted molar refractivity (Wildman–Crippen MR) is 135 cm³/mol. The first-order valence-corrected chi connectivity index (χ1v) is 13.4. The minimum Gasteiger partial charge on any atom is -0.395 e. The van der Waals surface area contributed by atoms with Crippen LogP contribution in [0.15, 0.2) is 25.3 Å². The molecule has 35 heavy (non-hydrogen) atoms. The number of likely N-dealkylation sites (N-methyl/N-ethyl adjacent to an activating group) is 1. The van der Waals surface area contributed by atoms with E-state index in [0.717, 1.165) is 32.5 Å². The summed E-state index contributed by atoms with van der Waals surface area (Å²) in [6.07, 6.45) is 4.92. The van der Waals surface area contributed by atoms with E-state index in [-0.39, 0.29) is 36.1 Å². The molecule has 2 unspecified atom stereocenters. The standard InChI is InChI=1S/C25H38N4O5S/c1-4-8-26(3)22(31)19-18-6-7-25(35-18)20(19)23(32)29(12-15-30)21(25)24(33)28(9-5-2)11-10-27-13-16-34-17-14-27/h4-5,18-21,30H,1-2,6-17H2,3H3/t18-,19+,20+,21?,25?/m1/s1. The maximum Gasteiger partial charge on any atom is 0.247 e. The van der Waals surface area contributed by atoms with Crippen LogP contribution in [0.3, 0.4) is 0 Å².